The van der Waals surface area contributed by atoms with Crippen LogP contribution in [-0.4, -0.2) is 62.3 Å². The number of aromatic amines is 1. The third-order valence-corrected chi connectivity index (χ3v) is 8.32. The van der Waals surface area contributed by atoms with Gasteiger partial charge in [0.15, 0.2) is 11.8 Å². The maximum absolute atomic E-state index is 14.3. The van der Waals surface area contributed by atoms with Gasteiger partial charge in [-0.25, -0.2) is 9.36 Å². The molecule has 0 saturated carbocycles. The smallest absolute Gasteiger partial charge is 0.459 e. The first-order chi connectivity index (χ1) is 20.8. The molecule has 4 rings (SSSR count). The van der Waals surface area contributed by atoms with Gasteiger partial charge in [-0.1, -0.05) is 47.9 Å². The number of halogens is 1. The standard InChI is InChI=1S/C29H31ClN3O10P/c1-4-29(38)25(35)23(42-27(29)33-15-14-24(34)31-28(33)37)17-40-44(39,43-21-12-10-20(30)11-13-21)32-22(26(36)41-18(2)3)16-19-8-6-5-7-9-19/h1,5-15,18,22-23,25,27,35,38H,16-17H2,2-3H3,(H,32,39)(H,31,34,37). The highest BCUT2D eigenvalue weighted by atomic mass is 35.5. The second kappa shape index (κ2) is 13.9. The quantitative estimate of drug-likeness (QED) is 0.129. The van der Waals surface area contributed by atoms with Gasteiger partial charge in [0.05, 0.1) is 12.7 Å². The van der Waals surface area contributed by atoms with Crippen molar-refractivity contribution >= 4 is 25.3 Å². The van der Waals surface area contributed by atoms with Gasteiger partial charge in [-0.3, -0.25) is 23.7 Å². The molecule has 0 aliphatic carbocycles. The summed E-state index contributed by atoms with van der Waals surface area (Å²) in [5.41, 5.74) is -3.41. The zero-order chi connectivity index (χ0) is 32.1. The second-order valence-electron chi connectivity index (χ2n) is 10.2. The number of esters is 1. The molecule has 1 saturated heterocycles. The summed E-state index contributed by atoms with van der Waals surface area (Å²) >= 11 is 5.97. The minimum absolute atomic E-state index is 0.0420. The average molecular weight is 648 g/mol. The van der Waals surface area contributed by atoms with Crippen LogP contribution in [0.25, 0.3) is 0 Å². The predicted octanol–water partition coefficient (Wildman–Crippen LogP) is 2.17. The summed E-state index contributed by atoms with van der Waals surface area (Å²) in [6, 6.07) is 14.5. The van der Waals surface area contributed by atoms with E-state index in [0.717, 1.165) is 16.8 Å². The normalized spacial score (nSPS) is 23.4. The Morgan fingerprint density at radius 1 is 1.20 bits per heavy atom. The van der Waals surface area contributed by atoms with E-state index in [1.807, 2.05) is 10.9 Å². The van der Waals surface area contributed by atoms with Crippen molar-refractivity contribution in [3.63, 3.8) is 0 Å². The molecule has 44 heavy (non-hydrogen) atoms. The molecule has 4 N–H and O–H groups in total. The van der Waals surface area contributed by atoms with E-state index in [2.05, 4.69) is 5.09 Å². The second-order valence-corrected chi connectivity index (χ2v) is 12.3. The molecule has 15 heteroatoms. The molecule has 6 atom stereocenters. The Bertz CT molecular complexity index is 1660. The first kappa shape index (κ1) is 33.2. The van der Waals surface area contributed by atoms with Crippen LogP contribution in [0.3, 0.4) is 0 Å². The fourth-order valence-corrected chi connectivity index (χ4v) is 6.01. The van der Waals surface area contributed by atoms with Gasteiger partial charge in [-0.15, -0.1) is 6.42 Å². The number of ether oxygens (including phenoxy) is 2. The first-order valence-corrected chi connectivity index (χ1v) is 15.3. The van der Waals surface area contributed by atoms with Crippen molar-refractivity contribution in [1.29, 1.82) is 0 Å². The van der Waals surface area contributed by atoms with Crippen molar-refractivity contribution in [1.82, 2.24) is 14.6 Å². The van der Waals surface area contributed by atoms with Crippen molar-refractivity contribution in [2.45, 2.75) is 56.5 Å². The lowest BCUT2D eigenvalue weighted by molar-refractivity contribution is -0.149. The number of aromatic nitrogens is 2. The van der Waals surface area contributed by atoms with Crippen LogP contribution in [0.5, 0.6) is 5.75 Å². The highest BCUT2D eigenvalue weighted by Crippen LogP contribution is 2.47. The third kappa shape index (κ3) is 7.85. The number of carbonyl (C=O) groups excluding carboxylic acids is 1. The molecular weight excluding hydrogens is 617 g/mol. The van der Waals surface area contributed by atoms with Crippen molar-refractivity contribution in [3.8, 4) is 18.1 Å². The number of terminal acetylenes is 1. The summed E-state index contributed by atoms with van der Waals surface area (Å²) in [7, 11) is -4.52. The van der Waals surface area contributed by atoms with Crippen molar-refractivity contribution in [3.05, 3.63) is 98.3 Å². The molecular formula is C29H31ClN3O10P. The molecule has 1 aliphatic heterocycles. The predicted molar refractivity (Wildman–Crippen MR) is 159 cm³/mol. The number of hydrogen-bond acceptors (Lipinski definition) is 10. The summed E-state index contributed by atoms with van der Waals surface area (Å²) < 4.78 is 37.6. The summed E-state index contributed by atoms with van der Waals surface area (Å²) in [6.07, 6.45) is 1.13. The van der Waals surface area contributed by atoms with E-state index < -0.39 is 67.8 Å². The monoisotopic (exact) mass is 647 g/mol. The van der Waals surface area contributed by atoms with Gasteiger partial charge in [-0.05, 0) is 50.1 Å². The summed E-state index contributed by atoms with van der Waals surface area (Å²) in [5, 5.41) is 25.1. The van der Waals surface area contributed by atoms with E-state index in [4.69, 9.17) is 36.5 Å². The Morgan fingerprint density at radius 3 is 2.50 bits per heavy atom. The number of nitrogens with zero attached hydrogens (tertiary/aromatic N) is 1. The van der Waals surface area contributed by atoms with E-state index in [1.165, 1.54) is 24.3 Å². The van der Waals surface area contributed by atoms with Crippen LogP contribution in [-0.2, 0) is 29.8 Å². The van der Waals surface area contributed by atoms with E-state index in [0.29, 0.717) is 10.6 Å². The Labute approximate surface area is 257 Å². The van der Waals surface area contributed by atoms with Gasteiger partial charge in [-0.2, -0.15) is 5.09 Å². The van der Waals surface area contributed by atoms with Crippen molar-refractivity contribution in [2.24, 2.45) is 0 Å². The Hall–Kier alpha value is -3.73. The lowest BCUT2D eigenvalue weighted by Gasteiger charge is -2.27. The maximum Gasteiger partial charge on any atom is 0.459 e. The van der Waals surface area contributed by atoms with E-state index in [9.17, 15) is 29.2 Å². The number of rotatable bonds is 12. The van der Waals surface area contributed by atoms with Crippen LogP contribution in [0.15, 0.2) is 76.4 Å². The van der Waals surface area contributed by atoms with Gasteiger partial charge < -0.3 is 24.2 Å². The molecule has 1 aromatic heterocycles. The number of hydrogen-bond donors (Lipinski definition) is 4. The van der Waals surface area contributed by atoms with Gasteiger partial charge >= 0.3 is 19.4 Å². The number of nitrogens with one attached hydrogen (secondary N) is 2. The largest absolute Gasteiger partial charge is 0.462 e. The van der Waals surface area contributed by atoms with Gasteiger partial charge in [0.2, 0.25) is 0 Å². The van der Waals surface area contributed by atoms with Gasteiger partial charge in [0, 0.05) is 17.3 Å². The van der Waals surface area contributed by atoms with Crippen LogP contribution >= 0.6 is 19.3 Å². The van der Waals surface area contributed by atoms with Crippen LogP contribution < -0.4 is 20.9 Å². The van der Waals surface area contributed by atoms with E-state index in [1.54, 1.807) is 44.2 Å². The summed E-state index contributed by atoms with van der Waals surface area (Å²) in [4.78, 5) is 39.1. The van der Waals surface area contributed by atoms with Gasteiger partial charge in [0.1, 0.15) is 24.0 Å². The number of carbonyl (C=O) groups is 1. The van der Waals surface area contributed by atoms with E-state index in [-0.39, 0.29) is 12.2 Å². The molecule has 3 aromatic rings. The fraction of sp³-hybridized carbons (Fsp3) is 0.345. The number of aliphatic hydroxyl groups is 2. The molecule has 6 unspecified atom stereocenters. The van der Waals surface area contributed by atoms with Crippen molar-refractivity contribution in [2.75, 3.05) is 6.61 Å². The Balaban J connectivity index is 1.63. The fourth-order valence-electron chi connectivity index (χ4n) is 4.38. The molecule has 2 aromatic carbocycles. The minimum Gasteiger partial charge on any atom is -0.462 e. The third-order valence-electron chi connectivity index (χ3n) is 6.50. The minimum atomic E-state index is -4.52. The molecule has 0 bridgehead atoms. The number of benzene rings is 2. The molecule has 1 aliphatic rings. The lowest BCUT2D eigenvalue weighted by atomic mass is 9.95. The summed E-state index contributed by atoms with van der Waals surface area (Å²) in [5.74, 6) is 1.36. The SMILES string of the molecule is C#CC1(O)C(O)C(COP(=O)(NC(Cc2ccccc2)C(=O)OC(C)C)Oc2ccc(Cl)cc2)OC1n1ccc(=O)[nH]c1=O. The maximum atomic E-state index is 14.3. The van der Waals surface area contributed by atoms with Crippen LogP contribution in [0, 0.1) is 12.3 Å². The number of H-pyrrole nitrogens is 1. The number of aliphatic hydroxyl groups excluding tert-OH is 1. The zero-order valence-electron chi connectivity index (χ0n) is 23.7. The van der Waals surface area contributed by atoms with Crippen molar-refractivity contribution < 1.29 is 38.1 Å². The highest BCUT2D eigenvalue weighted by molar-refractivity contribution is 7.52. The van der Waals surface area contributed by atoms with Crippen LogP contribution in [0.4, 0.5) is 0 Å². The molecule has 234 valence electrons. The Kier molecular flexibility index (Phi) is 10.5. The highest BCUT2D eigenvalue weighted by Gasteiger charge is 2.56. The topological polar surface area (TPSA) is 178 Å². The first-order valence-electron chi connectivity index (χ1n) is 13.4. The molecule has 1 fully saturated rings. The molecule has 2 heterocycles. The van der Waals surface area contributed by atoms with Crippen LogP contribution in [0.1, 0.15) is 25.6 Å². The van der Waals surface area contributed by atoms with Gasteiger partial charge in [0.25, 0.3) is 5.56 Å². The molecule has 13 nitrogen and oxygen atoms in total. The van der Waals surface area contributed by atoms with Crippen LogP contribution in [0.2, 0.25) is 5.02 Å². The molecule has 0 radical (unpaired) electrons. The molecule has 0 spiro atoms. The average Bonchev–Trinajstić information content (AvgIpc) is 3.23. The lowest BCUT2D eigenvalue weighted by Crippen LogP contribution is -2.48. The summed E-state index contributed by atoms with van der Waals surface area (Å²) in [6.45, 7) is 2.62. The zero-order valence-corrected chi connectivity index (χ0v) is 25.3. The Morgan fingerprint density at radius 2 is 1.89 bits per heavy atom. The van der Waals surface area contributed by atoms with E-state index >= 15 is 0 Å². The molecule has 0 amide bonds.